The van der Waals surface area contributed by atoms with Crippen molar-refractivity contribution >= 4 is 5.69 Å². The minimum absolute atomic E-state index is 0.586. The summed E-state index contributed by atoms with van der Waals surface area (Å²) in [5.74, 6) is 0. The molecule has 0 bridgehead atoms. The van der Waals surface area contributed by atoms with Crippen LogP contribution in [0.15, 0.2) is 24.3 Å². The minimum Gasteiger partial charge on any atom is -0.382 e. The molecule has 0 saturated carbocycles. The van der Waals surface area contributed by atoms with Gasteiger partial charge in [-0.05, 0) is 31.5 Å². The molecule has 0 atom stereocenters. The molecule has 1 aromatic carbocycles. The summed E-state index contributed by atoms with van der Waals surface area (Å²) in [6.45, 7) is 5.37. The molecule has 2 nitrogen and oxygen atoms in total. The van der Waals surface area contributed by atoms with Crippen molar-refractivity contribution in [1.82, 2.24) is 5.32 Å². The standard InChI is InChI=1S/C13H22N2/c1-4-12(5-2)15-13-9-7-6-8-11(13)10-14-3/h6-9,12,14-15H,4-5,10H2,1-3H3. The molecule has 0 aromatic heterocycles. The number of nitrogens with one attached hydrogen (secondary N) is 2. The van der Waals surface area contributed by atoms with E-state index in [2.05, 4.69) is 48.7 Å². The molecule has 0 radical (unpaired) electrons. The molecule has 0 aliphatic heterocycles. The fourth-order valence-electron chi connectivity index (χ4n) is 1.72. The van der Waals surface area contributed by atoms with E-state index in [0.29, 0.717) is 6.04 Å². The summed E-state index contributed by atoms with van der Waals surface area (Å²) < 4.78 is 0. The van der Waals surface area contributed by atoms with Gasteiger partial charge in [-0.1, -0.05) is 32.0 Å². The van der Waals surface area contributed by atoms with E-state index in [0.717, 1.165) is 6.54 Å². The Morgan fingerprint density at radius 3 is 2.40 bits per heavy atom. The summed E-state index contributed by atoms with van der Waals surface area (Å²) in [6.07, 6.45) is 2.34. The summed E-state index contributed by atoms with van der Waals surface area (Å²) >= 11 is 0. The SMILES string of the molecule is CCC(CC)Nc1ccccc1CNC. The van der Waals surface area contributed by atoms with Gasteiger partial charge in [0, 0.05) is 18.3 Å². The predicted octanol–water partition coefficient (Wildman–Crippen LogP) is 3.01. The first-order chi connectivity index (χ1) is 7.31. The Labute approximate surface area is 93.1 Å². The van der Waals surface area contributed by atoms with Gasteiger partial charge < -0.3 is 10.6 Å². The normalized spacial score (nSPS) is 10.7. The molecule has 0 unspecified atom stereocenters. The van der Waals surface area contributed by atoms with E-state index in [1.54, 1.807) is 0 Å². The zero-order valence-electron chi connectivity index (χ0n) is 10.0. The van der Waals surface area contributed by atoms with Gasteiger partial charge >= 0.3 is 0 Å². The van der Waals surface area contributed by atoms with Crippen LogP contribution in [-0.4, -0.2) is 13.1 Å². The molecule has 0 aliphatic carbocycles. The van der Waals surface area contributed by atoms with E-state index >= 15 is 0 Å². The van der Waals surface area contributed by atoms with Crippen LogP contribution in [0.1, 0.15) is 32.3 Å². The smallest absolute Gasteiger partial charge is 0.0387 e. The first-order valence-electron chi connectivity index (χ1n) is 5.80. The van der Waals surface area contributed by atoms with Crippen LogP contribution in [0.5, 0.6) is 0 Å². The average molecular weight is 206 g/mol. The van der Waals surface area contributed by atoms with E-state index in [9.17, 15) is 0 Å². The molecule has 0 heterocycles. The molecule has 0 fully saturated rings. The molecular formula is C13H22N2. The number of rotatable bonds is 6. The van der Waals surface area contributed by atoms with Crippen molar-refractivity contribution in [3.8, 4) is 0 Å². The van der Waals surface area contributed by atoms with Gasteiger partial charge in [-0.3, -0.25) is 0 Å². The predicted molar refractivity (Wildman–Crippen MR) is 67.2 cm³/mol. The topological polar surface area (TPSA) is 24.1 Å². The van der Waals surface area contributed by atoms with E-state index in [1.165, 1.54) is 24.1 Å². The molecule has 0 spiro atoms. The third-order valence-corrected chi connectivity index (χ3v) is 2.73. The summed E-state index contributed by atoms with van der Waals surface area (Å²) in [4.78, 5) is 0. The van der Waals surface area contributed by atoms with E-state index in [4.69, 9.17) is 0 Å². The summed E-state index contributed by atoms with van der Waals surface area (Å²) in [5.41, 5.74) is 2.60. The first-order valence-corrected chi connectivity index (χ1v) is 5.80. The van der Waals surface area contributed by atoms with Crippen molar-refractivity contribution in [2.24, 2.45) is 0 Å². The third-order valence-electron chi connectivity index (χ3n) is 2.73. The molecular weight excluding hydrogens is 184 g/mol. The van der Waals surface area contributed by atoms with Crippen LogP contribution in [0, 0.1) is 0 Å². The number of anilines is 1. The molecule has 0 amide bonds. The maximum atomic E-state index is 3.59. The minimum atomic E-state index is 0.586. The van der Waals surface area contributed by atoms with Crippen LogP contribution in [0.25, 0.3) is 0 Å². The molecule has 1 aromatic rings. The Bertz CT molecular complexity index is 280. The molecule has 15 heavy (non-hydrogen) atoms. The Morgan fingerprint density at radius 2 is 1.80 bits per heavy atom. The highest BCUT2D eigenvalue weighted by molar-refractivity contribution is 5.51. The van der Waals surface area contributed by atoms with Gasteiger partial charge in [-0.2, -0.15) is 0 Å². The van der Waals surface area contributed by atoms with Gasteiger partial charge in [0.15, 0.2) is 0 Å². The zero-order chi connectivity index (χ0) is 11.1. The van der Waals surface area contributed by atoms with Crippen LogP contribution in [0.4, 0.5) is 5.69 Å². The highest BCUT2D eigenvalue weighted by Crippen LogP contribution is 2.17. The molecule has 0 saturated heterocycles. The Balaban J connectivity index is 2.73. The fourth-order valence-corrected chi connectivity index (χ4v) is 1.72. The van der Waals surface area contributed by atoms with Crippen molar-refractivity contribution in [3.63, 3.8) is 0 Å². The lowest BCUT2D eigenvalue weighted by Crippen LogP contribution is -2.19. The lowest BCUT2D eigenvalue weighted by Gasteiger charge is -2.19. The first kappa shape index (κ1) is 12.1. The monoisotopic (exact) mass is 206 g/mol. The van der Waals surface area contributed by atoms with Crippen LogP contribution in [-0.2, 0) is 6.54 Å². The number of hydrogen-bond acceptors (Lipinski definition) is 2. The Kier molecular flexibility index (Phi) is 5.19. The lowest BCUT2D eigenvalue weighted by atomic mass is 10.1. The number of para-hydroxylation sites is 1. The quantitative estimate of drug-likeness (QED) is 0.747. The van der Waals surface area contributed by atoms with Crippen LogP contribution < -0.4 is 10.6 Å². The van der Waals surface area contributed by atoms with Crippen LogP contribution >= 0.6 is 0 Å². The Hall–Kier alpha value is -1.02. The number of hydrogen-bond donors (Lipinski definition) is 2. The third kappa shape index (κ3) is 3.56. The van der Waals surface area contributed by atoms with Gasteiger partial charge in [0.25, 0.3) is 0 Å². The second kappa shape index (κ2) is 6.46. The zero-order valence-corrected chi connectivity index (χ0v) is 10.0. The van der Waals surface area contributed by atoms with Crippen molar-refractivity contribution in [2.45, 2.75) is 39.3 Å². The highest BCUT2D eigenvalue weighted by atomic mass is 14.9. The van der Waals surface area contributed by atoms with Crippen LogP contribution in [0.2, 0.25) is 0 Å². The summed E-state index contributed by atoms with van der Waals surface area (Å²) in [5, 5.41) is 6.79. The maximum absolute atomic E-state index is 3.59. The average Bonchev–Trinajstić information content (AvgIpc) is 2.28. The molecule has 2 N–H and O–H groups in total. The van der Waals surface area contributed by atoms with Crippen molar-refractivity contribution in [2.75, 3.05) is 12.4 Å². The fraction of sp³-hybridized carbons (Fsp3) is 0.538. The van der Waals surface area contributed by atoms with Crippen molar-refractivity contribution in [1.29, 1.82) is 0 Å². The molecule has 2 heteroatoms. The van der Waals surface area contributed by atoms with Gasteiger partial charge in [0.1, 0.15) is 0 Å². The van der Waals surface area contributed by atoms with Crippen molar-refractivity contribution < 1.29 is 0 Å². The van der Waals surface area contributed by atoms with Gasteiger partial charge in [-0.15, -0.1) is 0 Å². The largest absolute Gasteiger partial charge is 0.382 e. The molecule has 1 rings (SSSR count). The van der Waals surface area contributed by atoms with E-state index in [1.807, 2.05) is 7.05 Å². The second-order valence-corrected chi connectivity index (χ2v) is 3.85. The molecule has 0 aliphatic rings. The molecule has 84 valence electrons. The van der Waals surface area contributed by atoms with Gasteiger partial charge in [0.05, 0.1) is 0 Å². The second-order valence-electron chi connectivity index (χ2n) is 3.85. The Morgan fingerprint density at radius 1 is 1.13 bits per heavy atom. The lowest BCUT2D eigenvalue weighted by molar-refractivity contribution is 0.669. The summed E-state index contributed by atoms with van der Waals surface area (Å²) in [7, 11) is 1.98. The maximum Gasteiger partial charge on any atom is 0.0387 e. The van der Waals surface area contributed by atoms with E-state index < -0.39 is 0 Å². The summed E-state index contributed by atoms with van der Waals surface area (Å²) in [6, 6.07) is 9.09. The number of benzene rings is 1. The van der Waals surface area contributed by atoms with Crippen LogP contribution in [0.3, 0.4) is 0 Å². The van der Waals surface area contributed by atoms with Gasteiger partial charge in [-0.25, -0.2) is 0 Å². The highest BCUT2D eigenvalue weighted by Gasteiger charge is 2.05. The van der Waals surface area contributed by atoms with Crippen molar-refractivity contribution in [3.05, 3.63) is 29.8 Å². The van der Waals surface area contributed by atoms with E-state index in [-0.39, 0.29) is 0 Å². The van der Waals surface area contributed by atoms with Gasteiger partial charge in [0.2, 0.25) is 0 Å².